The predicted molar refractivity (Wildman–Crippen MR) is 53.9 cm³/mol. The quantitative estimate of drug-likeness (QED) is 0.656. The Hall–Kier alpha value is -1.15. The SMILES string of the molecule is FC(F)c1ccc2ccccc2c1Cl. The fourth-order valence-corrected chi connectivity index (χ4v) is 1.74. The van der Waals surface area contributed by atoms with E-state index in [0.29, 0.717) is 5.39 Å². The molecule has 0 N–H and O–H groups in total. The summed E-state index contributed by atoms with van der Waals surface area (Å²) in [6.07, 6.45) is -2.52. The van der Waals surface area contributed by atoms with E-state index in [4.69, 9.17) is 11.6 Å². The zero-order valence-electron chi connectivity index (χ0n) is 7.18. The van der Waals surface area contributed by atoms with Crippen LogP contribution in [0.15, 0.2) is 36.4 Å². The maximum absolute atomic E-state index is 12.5. The number of rotatable bonds is 1. The van der Waals surface area contributed by atoms with Crippen molar-refractivity contribution < 1.29 is 8.78 Å². The molecular weight excluding hydrogens is 206 g/mol. The molecular formula is C11H7ClF2. The molecule has 0 aliphatic heterocycles. The Morgan fingerprint density at radius 3 is 2.43 bits per heavy atom. The number of fused-ring (bicyclic) bond motifs is 1. The summed E-state index contributed by atoms with van der Waals surface area (Å²) in [5.41, 5.74) is -0.106. The maximum Gasteiger partial charge on any atom is 0.265 e. The van der Waals surface area contributed by atoms with Crippen molar-refractivity contribution in [3.63, 3.8) is 0 Å². The minimum atomic E-state index is -2.52. The zero-order valence-corrected chi connectivity index (χ0v) is 7.93. The Bertz CT molecular complexity index is 466. The summed E-state index contributed by atoms with van der Waals surface area (Å²) in [6, 6.07) is 10.2. The second kappa shape index (κ2) is 3.54. The van der Waals surface area contributed by atoms with Crippen LogP contribution in [0.4, 0.5) is 8.78 Å². The third-order valence-electron chi connectivity index (χ3n) is 2.13. The van der Waals surface area contributed by atoms with Gasteiger partial charge in [0.25, 0.3) is 6.43 Å². The van der Waals surface area contributed by atoms with Gasteiger partial charge < -0.3 is 0 Å². The van der Waals surface area contributed by atoms with Crippen molar-refractivity contribution in [3.05, 3.63) is 47.0 Å². The van der Waals surface area contributed by atoms with Gasteiger partial charge in [0, 0.05) is 10.9 Å². The largest absolute Gasteiger partial charge is 0.265 e. The first-order chi connectivity index (χ1) is 6.70. The smallest absolute Gasteiger partial charge is 0.205 e. The molecule has 0 heterocycles. The Kier molecular flexibility index (Phi) is 2.38. The average Bonchev–Trinajstić information content (AvgIpc) is 2.18. The van der Waals surface area contributed by atoms with E-state index >= 15 is 0 Å². The normalized spacial score (nSPS) is 11.1. The molecule has 0 aliphatic carbocycles. The molecule has 0 aliphatic rings. The first-order valence-electron chi connectivity index (χ1n) is 4.15. The number of benzene rings is 2. The molecule has 0 radical (unpaired) electrons. The van der Waals surface area contributed by atoms with Gasteiger partial charge in [-0.1, -0.05) is 48.0 Å². The van der Waals surface area contributed by atoms with Crippen LogP contribution in [0.1, 0.15) is 12.0 Å². The van der Waals surface area contributed by atoms with Crippen LogP contribution in [0.5, 0.6) is 0 Å². The lowest BCUT2D eigenvalue weighted by Crippen LogP contribution is -1.86. The van der Waals surface area contributed by atoms with Gasteiger partial charge in [0.2, 0.25) is 0 Å². The molecule has 72 valence electrons. The van der Waals surface area contributed by atoms with E-state index in [9.17, 15) is 8.78 Å². The summed E-state index contributed by atoms with van der Waals surface area (Å²) in [4.78, 5) is 0. The van der Waals surface area contributed by atoms with Gasteiger partial charge >= 0.3 is 0 Å². The molecule has 0 spiro atoms. The number of alkyl halides is 2. The molecule has 2 aromatic carbocycles. The first-order valence-corrected chi connectivity index (χ1v) is 4.53. The van der Waals surface area contributed by atoms with Crippen LogP contribution in [0, 0.1) is 0 Å². The van der Waals surface area contributed by atoms with Crippen LogP contribution in [-0.2, 0) is 0 Å². The van der Waals surface area contributed by atoms with Crippen LogP contribution in [0.3, 0.4) is 0 Å². The van der Waals surface area contributed by atoms with E-state index in [0.717, 1.165) is 5.39 Å². The Labute approximate surface area is 85.1 Å². The van der Waals surface area contributed by atoms with Gasteiger partial charge in [-0.2, -0.15) is 0 Å². The van der Waals surface area contributed by atoms with Crippen molar-refractivity contribution in [1.29, 1.82) is 0 Å². The first kappa shape index (κ1) is 9.41. The number of halogens is 3. The topological polar surface area (TPSA) is 0 Å². The molecule has 0 saturated carbocycles. The molecule has 0 bridgehead atoms. The summed E-state index contributed by atoms with van der Waals surface area (Å²) in [7, 11) is 0. The summed E-state index contributed by atoms with van der Waals surface area (Å²) in [5, 5.41) is 1.70. The summed E-state index contributed by atoms with van der Waals surface area (Å²) < 4.78 is 24.9. The van der Waals surface area contributed by atoms with Crippen LogP contribution in [0.2, 0.25) is 5.02 Å². The van der Waals surface area contributed by atoms with Crippen LogP contribution in [-0.4, -0.2) is 0 Å². The van der Waals surface area contributed by atoms with Crippen molar-refractivity contribution in [2.75, 3.05) is 0 Å². The highest BCUT2D eigenvalue weighted by Gasteiger charge is 2.13. The van der Waals surface area contributed by atoms with Crippen LogP contribution >= 0.6 is 11.6 Å². The Balaban J connectivity index is 2.75. The maximum atomic E-state index is 12.5. The van der Waals surface area contributed by atoms with E-state index in [1.54, 1.807) is 18.2 Å². The van der Waals surface area contributed by atoms with Gasteiger partial charge in [-0.25, -0.2) is 8.78 Å². The molecule has 0 aromatic heterocycles. The second-order valence-corrected chi connectivity index (χ2v) is 3.37. The lowest BCUT2D eigenvalue weighted by atomic mass is 10.1. The van der Waals surface area contributed by atoms with E-state index in [-0.39, 0.29) is 10.6 Å². The molecule has 3 heteroatoms. The number of hydrogen-bond acceptors (Lipinski definition) is 0. The van der Waals surface area contributed by atoms with Gasteiger partial charge in [-0.05, 0) is 5.39 Å². The molecule has 2 rings (SSSR count). The van der Waals surface area contributed by atoms with Crippen molar-refractivity contribution >= 4 is 22.4 Å². The van der Waals surface area contributed by atoms with Crippen molar-refractivity contribution in [2.45, 2.75) is 6.43 Å². The summed E-state index contributed by atoms with van der Waals surface area (Å²) in [5.74, 6) is 0. The fraction of sp³-hybridized carbons (Fsp3) is 0.0909. The highest BCUT2D eigenvalue weighted by molar-refractivity contribution is 6.36. The van der Waals surface area contributed by atoms with Crippen LogP contribution in [0.25, 0.3) is 10.8 Å². The predicted octanol–water partition coefficient (Wildman–Crippen LogP) is 4.43. The fourth-order valence-electron chi connectivity index (χ4n) is 1.42. The molecule has 14 heavy (non-hydrogen) atoms. The number of hydrogen-bond donors (Lipinski definition) is 0. The second-order valence-electron chi connectivity index (χ2n) is 2.99. The minimum Gasteiger partial charge on any atom is -0.205 e. The summed E-state index contributed by atoms with van der Waals surface area (Å²) in [6.45, 7) is 0. The monoisotopic (exact) mass is 212 g/mol. The van der Waals surface area contributed by atoms with E-state index in [1.165, 1.54) is 6.07 Å². The highest BCUT2D eigenvalue weighted by Crippen LogP contribution is 2.32. The Morgan fingerprint density at radius 2 is 1.71 bits per heavy atom. The van der Waals surface area contributed by atoms with E-state index < -0.39 is 6.43 Å². The Morgan fingerprint density at radius 1 is 1.00 bits per heavy atom. The van der Waals surface area contributed by atoms with Crippen molar-refractivity contribution in [1.82, 2.24) is 0 Å². The highest BCUT2D eigenvalue weighted by atomic mass is 35.5. The molecule has 0 amide bonds. The molecule has 0 atom stereocenters. The van der Waals surface area contributed by atoms with Gasteiger partial charge in [0.15, 0.2) is 0 Å². The summed E-state index contributed by atoms with van der Waals surface area (Å²) >= 11 is 5.86. The van der Waals surface area contributed by atoms with Gasteiger partial charge in [0.1, 0.15) is 0 Å². The molecule has 0 fully saturated rings. The van der Waals surface area contributed by atoms with E-state index in [2.05, 4.69) is 0 Å². The van der Waals surface area contributed by atoms with Crippen LogP contribution < -0.4 is 0 Å². The standard InChI is InChI=1S/C11H7ClF2/c12-10-8-4-2-1-3-7(8)5-6-9(10)11(13)14/h1-6,11H. The van der Waals surface area contributed by atoms with Gasteiger partial charge in [0.05, 0.1) is 5.02 Å². The third-order valence-corrected chi connectivity index (χ3v) is 2.55. The van der Waals surface area contributed by atoms with Gasteiger partial charge in [-0.3, -0.25) is 0 Å². The molecule has 2 aromatic rings. The van der Waals surface area contributed by atoms with Crippen molar-refractivity contribution in [3.8, 4) is 0 Å². The third kappa shape index (κ3) is 1.46. The molecule has 0 nitrogen and oxygen atoms in total. The molecule has 0 saturated heterocycles. The van der Waals surface area contributed by atoms with Gasteiger partial charge in [-0.15, -0.1) is 0 Å². The lowest BCUT2D eigenvalue weighted by Gasteiger charge is -2.06. The zero-order chi connectivity index (χ0) is 10.1. The molecule has 0 unspecified atom stereocenters. The van der Waals surface area contributed by atoms with Crippen molar-refractivity contribution in [2.24, 2.45) is 0 Å². The lowest BCUT2D eigenvalue weighted by molar-refractivity contribution is 0.151. The minimum absolute atomic E-state index is 0.106. The van der Waals surface area contributed by atoms with E-state index in [1.807, 2.05) is 12.1 Å². The average molecular weight is 213 g/mol.